The van der Waals surface area contributed by atoms with Crippen LogP contribution in [0.25, 0.3) is 0 Å². The second-order valence-corrected chi connectivity index (χ2v) is 9.13. The van der Waals surface area contributed by atoms with Crippen molar-refractivity contribution in [1.29, 1.82) is 0 Å². The van der Waals surface area contributed by atoms with E-state index in [2.05, 4.69) is 99.1 Å². The van der Waals surface area contributed by atoms with Gasteiger partial charge in [-0.15, -0.1) is 0 Å². The Balaban J connectivity index is 2.06. The van der Waals surface area contributed by atoms with Gasteiger partial charge in [-0.05, 0) is 37.8 Å². The van der Waals surface area contributed by atoms with Crippen LogP contribution in [0, 0.1) is 0 Å². The molecule has 0 bridgehead atoms. The molecule has 0 spiro atoms. The second-order valence-electron chi connectivity index (χ2n) is 9.13. The first-order valence-corrected chi connectivity index (χ1v) is 11.7. The molecule has 3 aromatic rings. The lowest BCUT2D eigenvalue weighted by molar-refractivity contribution is 0.319. The molecule has 1 aromatic heterocycles. The molecule has 0 saturated carbocycles. The van der Waals surface area contributed by atoms with E-state index in [-0.39, 0.29) is 5.41 Å². The van der Waals surface area contributed by atoms with Crippen LogP contribution in [0.3, 0.4) is 0 Å². The van der Waals surface area contributed by atoms with Crippen LogP contribution in [-0.2, 0) is 11.8 Å². The summed E-state index contributed by atoms with van der Waals surface area (Å²) >= 11 is 0. The molecule has 3 rings (SSSR count). The molecule has 0 N–H and O–H groups in total. The van der Waals surface area contributed by atoms with Crippen LogP contribution in [0.15, 0.2) is 73.1 Å². The average Bonchev–Trinajstić information content (AvgIpc) is 3.25. The summed E-state index contributed by atoms with van der Waals surface area (Å²) in [6, 6.07) is 22.5. The van der Waals surface area contributed by atoms with Crippen molar-refractivity contribution in [3.63, 3.8) is 0 Å². The highest BCUT2D eigenvalue weighted by Crippen LogP contribution is 2.44. The summed E-state index contributed by atoms with van der Waals surface area (Å²) in [5.74, 6) is 1.61. The average molecular weight is 403 g/mol. The lowest BCUT2D eigenvalue weighted by Crippen LogP contribution is -2.35. The van der Waals surface area contributed by atoms with Gasteiger partial charge in [-0.2, -0.15) is 0 Å². The van der Waals surface area contributed by atoms with Gasteiger partial charge in [0.1, 0.15) is 5.82 Å². The van der Waals surface area contributed by atoms with Crippen LogP contribution in [-0.4, -0.2) is 9.55 Å². The van der Waals surface area contributed by atoms with Gasteiger partial charge in [0, 0.05) is 29.8 Å². The zero-order valence-electron chi connectivity index (χ0n) is 19.2. The molecule has 160 valence electrons. The molecular weight excluding hydrogens is 364 g/mol. The van der Waals surface area contributed by atoms with Crippen molar-refractivity contribution in [2.75, 3.05) is 0 Å². The lowest BCUT2D eigenvalue weighted by atomic mass is 9.66. The predicted octanol–water partition coefficient (Wildman–Crippen LogP) is 7.72. The summed E-state index contributed by atoms with van der Waals surface area (Å²) in [5, 5.41) is 0. The minimum atomic E-state index is -0.0210. The van der Waals surface area contributed by atoms with E-state index in [0.29, 0.717) is 12.0 Å². The monoisotopic (exact) mass is 402 g/mol. The Bertz CT molecular complexity index is 866. The van der Waals surface area contributed by atoms with Gasteiger partial charge >= 0.3 is 0 Å². The van der Waals surface area contributed by atoms with Crippen LogP contribution in [0.2, 0.25) is 0 Å². The number of rotatable bonds is 11. The minimum absolute atomic E-state index is 0.0210. The Kier molecular flexibility index (Phi) is 7.90. The number of benzene rings is 2. The highest BCUT2D eigenvalue weighted by Gasteiger charge is 2.39. The summed E-state index contributed by atoms with van der Waals surface area (Å²) in [7, 11) is 0. The van der Waals surface area contributed by atoms with E-state index in [1.54, 1.807) is 0 Å². The van der Waals surface area contributed by atoms with Gasteiger partial charge in [0.25, 0.3) is 0 Å². The first kappa shape index (κ1) is 22.3. The fourth-order valence-corrected chi connectivity index (χ4v) is 4.80. The van der Waals surface area contributed by atoms with Gasteiger partial charge < -0.3 is 4.57 Å². The lowest BCUT2D eigenvalue weighted by Gasteiger charge is -2.39. The molecule has 1 heterocycles. The highest BCUT2D eigenvalue weighted by molar-refractivity contribution is 5.33. The van der Waals surface area contributed by atoms with Gasteiger partial charge in [-0.1, -0.05) is 100 Å². The van der Waals surface area contributed by atoms with Gasteiger partial charge in [0.15, 0.2) is 0 Å². The Morgan fingerprint density at radius 1 is 0.900 bits per heavy atom. The predicted molar refractivity (Wildman–Crippen MR) is 128 cm³/mol. The van der Waals surface area contributed by atoms with Crippen LogP contribution < -0.4 is 0 Å². The molecule has 2 nitrogen and oxygen atoms in total. The maximum absolute atomic E-state index is 4.93. The molecule has 0 aliphatic heterocycles. The quantitative estimate of drug-likeness (QED) is 0.300. The van der Waals surface area contributed by atoms with E-state index in [4.69, 9.17) is 4.98 Å². The van der Waals surface area contributed by atoms with Gasteiger partial charge in [0.2, 0.25) is 0 Å². The van der Waals surface area contributed by atoms with E-state index in [1.165, 1.54) is 49.1 Å². The van der Waals surface area contributed by atoms with E-state index in [9.17, 15) is 0 Å². The Labute approximate surface area is 183 Å². The number of unbranched alkanes of at least 4 members (excludes halogenated alkanes) is 3. The number of nitrogens with zero attached hydrogens (tertiary/aromatic N) is 2. The number of hydrogen-bond donors (Lipinski definition) is 0. The van der Waals surface area contributed by atoms with Gasteiger partial charge in [0.05, 0.1) is 0 Å². The normalized spacial score (nSPS) is 14.6. The van der Waals surface area contributed by atoms with Gasteiger partial charge in [-0.25, -0.2) is 4.98 Å². The third kappa shape index (κ3) is 5.22. The third-order valence-electron chi connectivity index (χ3n) is 6.53. The first-order valence-electron chi connectivity index (χ1n) is 11.7. The van der Waals surface area contributed by atoms with Gasteiger partial charge in [-0.3, -0.25) is 0 Å². The third-order valence-corrected chi connectivity index (χ3v) is 6.53. The molecule has 2 aromatic carbocycles. The fourth-order valence-electron chi connectivity index (χ4n) is 4.80. The smallest absolute Gasteiger partial charge is 0.112 e. The Morgan fingerprint density at radius 3 is 2.20 bits per heavy atom. The molecule has 2 unspecified atom stereocenters. The highest BCUT2D eigenvalue weighted by atomic mass is 15.1. The number of aromatic nitrogens is 2. The summed E-state index contributed by atoms with van der Waals surface area (Å²) in [5.41, 5.74) is 2.78. The van der Waals surface area contributed by atoms with Crippen molar-refractivity contribution in [1.82, 2.24) is 9.55 Å². The van der Waals surface area contributed by atoms with E-state index in [1.807, 2.05) is 6.20 Å². The topological polar surface area (TPSA) is 17.8 Å². The van der Waals surface area contributed by atoms with Crippen molar-refractivity contribution in [3.05, 3.63) is 90.0 Å². The van der Waals surface area contributed by atoms with Crippen LogP contribution in [0.4, 0.5) is 0 Å². The molecule has 2 heteroatoms. The zero-order valence-corrected chi connectivity index (χ0v) is 19.2. The zero-order chi connectivity index (χ0) is 21.4. The summed E-state index contributed by atoms with van der Waals surface area (Å²) in [6.07, 6.45) is 11.5. The summed E-state index contributed by atoms with van der Waals surface area (Å²) in [4.78, 5) is 4.93. The molecular formula is C28H38N2. The molecule has 30 heavy (non-hydrogen) atoms. The molecule has 0 aliphatic rings. The Hall–Kier alpha value is -2.35. The largest absolute Gasteiger partial charge is 0.332 e. The van der Waals surface area contributed by atoms with E-state index >= 15 is 0 Å². The SMILES string of the molecule is CCCCCCC(c1nccn1C(C)C)C(C)(Cc1ccccc1)c1ccccc1. The molecule has 2 atom stereocenters. The molecule has 0 fully saturated rings. The molecule has 0 radical (unpaired) electrons. The van der Waals surface area contributed by atoms with Crippen LogP contribution >= 0.6 is 0 Å². The van der Waals surface area contributed by atoms with Crippen molar-refractivity contribution >= 4 is 0 Å². The van der Waals surface area contributed by atoms with Crippen molar-refractivity contribution in [2.24, 2.45) is 0 Å². The summed E-state index contributed by atoms with van der Waals surface area (Å²) < 4.78 is 2.39. The first-order chi connectivity index (χ1) is 14.6. The molecule has 0 saturated heterocycles. The number of imidazole rings is 1. The standard InChI is InChI=1S/C28H38N2/c1-5-6-7-14-19-26(27-29-20-21-30(27)23(2)3)28(4,25-17-12-9-13-18-25)22-24-15-10-8-11-16-24/h8-13,15-18,20-21,23,26H,5-7,14,19,22H2,1-4H3. The summed E-state index contributed by atoms with van der Waals surface area (Å²) in [6.45, 7) is 9.26. The van der Waals surface area contributed by atoms with Crippen molar-refractivity contribution in [2.45, 2.75) is 83.6 Å². The fraction of sp³-hybridized carbons (Fsp3) is 0.464. The van der Waals surface area contributed by atoms with Crippen LogP contribution in [0.5, 0.6) is 0 Å². The maximum Gasteiger partial charge on any atom is 0.112 e. The molecule has 0 aliphatic carbocycles. The van der Waals surface area contributed by atoms with E-state index < -0.39 is 0 Å². The maximum atomic E-state index is 4.93. The second kappa shape index (κ2) is 10.6. The van der Waals surface area contributed by atoms with E-state index in [0.717, 1.165) is 6.42 Å². The van der Waals surface area contributed by atoms with Crippen molar-refractivity contribution < 1.29 is 0 Å². The number of hydrogen-bond acceptors (Lipinski definition) is 1. The van der Waals surface area contributed by atoms with Crippen molar-refractivity contribution in [3.8, 4) is 0 Å². The van der Waals surface area contributed by atoms with Crippen LogP contribution in [0.1, 0.15) is 88.7 Å². The minimum Gasteiger partial charge on any atom is -0.332 e. The Morgan fingerprint density at radius 2 is 1.57 bits per heavy atom. The molecule has 0 amide bonds.